The van der Waals surface area contributed by atoms with Gasteiger partial charge in [-0.1, -0.05) is 22.0 Å². The third kappa shape index (κ3) is 2.48. The van der Waals surface area contributed by atoms with E-state index in [4.69, 9.17) is 0 Å². The summed E-state index contributed by atoms with van der Waals surface area (Å²) in [5.74, 6) is -0.477. The Bertz CT molecular complexity index is 301. The fourth-order valence-corrected chi connectivity index (χ4v) is 1.86. The first-order chi connectivity index (χ1) is 6.57. The Morgan fingerprint density at radius 1 is 1.43 bits per heavy atom. The molecule has 0 aliphatic carbocycles. The van der Waals surface area contributed by atoms with Crippen LogP contribution < -0.4 is 0 Å². The first kappa shape index (κ1) is 12.0. The van der Waals surface area contributed by atoms with Crippen molar-refractivity contribution in [3.05, 3.63) is 34.1 Å². The zero-order valence-corrected chi connectivity index (χ0v) is 9.67. The van der Waals surface area contributed by atoms with Crippen LogP contribution in [0.5, 0.6) is 0 Å². The van der Waals surface area contributed by atoms with E-state index in [0.29, 0.717) is 4.47 Å². The predicted molar refractivity (Wildman–Crippen MR) is 58.9 cm³/mol. The highest BCUT2D eigenvalue weighted by Crippen LogP contribution is 2.28. The van der Waals surface area contributed by atoms with Crippen LogP contribution in [0.4, 0.5) is 4.39 Å². The van der Waals surface area contributed by atoms with Crippen LogP contribution in [-0.4, -0.2) is 22.1 Å². The molecule has 0 aliphatic rings. The predicted octanol–water partition coefficient (Wildman–Crippen LogP) is 1.91. The third-order valence-corrected chi connectivity index (χ3v) is 2.91. The Morgan fingerprint density at radius 3 is 2.57 bits per heavy atom. The molecule has 2 nitrogen and oxygen atoms in total. The largest absolute Gasteiger partial charge is 0.389 e. The van der Waals surface area contributed by atoms with Gasteiger partial charge in [0.1, 0.15) is 11.9 Å². The molecule has 1 rings (SSSR count). The van der Waals surface area contributed by atoms with Gasteiger partial charge in [0.25, 0.3) is 0 Å². The van der Waals surface area contributed by atoms with Crippen LogP contribution in [0.1, 0.15) is 11.7 Å². The fraction of sp³-hybridized carbons (Fsp3) is 0.333. The summed E-state index contributed by atoms with van der Waals surface area (Å²) >= 11 is 6.93. The summed E-state index contributed by atoms with van der Waals surface area (Å²) in [5, 5.41) is 18.9. The highest BCUT2D eigenvalue weighted by Gasteiger charge is 2.22. The second-order valence-corrected chi connectivity index (χ2v) is 4.05. The highest BCUT2D eigenvalue weighted by molar-refractivity contribution is 9.10. The Kier molecular flexibility index (Phi) is 4.37. The number of aliphatic hydroxyl groups is 2. The van der Waals surface area contributed by atoms with Gasteiger partial charge in [-0.2, -0.15) is 12.6 Å². The van der Waals surface area contributed by atoms with Crippen LogP contribution >= 0.6 is 28.6 Å². The van der Waals surface area contributed by atoms with Gasteiger partial charge in [-0.3, -0.25) is 0 Å². The zero-order chi connectivity index (χ0) is 10.7. The van der Waals surface area contributed by atoms with Crippen molar-refractivity contribution in [2.45, 2.75) is 12.2 Å². The summed E-state index contributed by atoms with van der Waals surface area (Å²) in [7, 11) is 0. The second-order valence-electron chi connectivity index (χ2n) is 2.83. The molecule has 0 aromatic heterocycles. The van der Waals surface area contributed by atoms with Crippen LogP contribution in [0, 0.1) is 5.82 Å². The maximum absolute atomic E-state index is 13.3. The van der Waals surface area contributed by atoms with Gasteiger partial charge in [-0.05, 0) is 12.1 Å². The van der Waals surface area contributed by atoms with E-state index in [0.717, 1.165) is 0 Å². The van der Waals surface area contributed by atoms with Crippen molar-refractivity contribution in [3.8, 4) is 0 Å². The molecule has 0 aliphatic heterocycles. The molecule has 1 aromatic carbocycles. The van der Waals surface area contributed by atoms with Gasteiger partial charge in [0, 0.05) is 15.8 Å². The van der Waals surface area contributed by atoms with Crippen molar-refractivity contribution in [2.24, 2.45) is 0 Å². The lowest BCUT2D eigenvalue weighted by atomic mass is 10.1. The molecule has 0 bridgehead atoms. The molecule has 0 saturated carbocycles. The second kappa shape index (κ2) is 5.11. The van der Waals surface area contributed by atoms with Crippen LogP contribution in [0.3, 0.4) is 0 Å². The number of hydrogen-bond donors (Lipinski definition) is 3. The SMILES string of the molecule is OC(CS)C(O)c1c(F)cccc1Br. The number of halogens is 2. The summed E-state index contributed by atoms with van der Waals surface area (Å²) in [6.07, 6.45) is -2.34. The lowest BCUT2D eigenvalue weighted by Gasteiger charge is -2.17. The summed E-state index contributed by atoms with van der Waals surface area (Å²) in [4.78, 5) is 0. The highest BCUT2D eigenvalue weighted by atomic mass is 79.9. The number of aliphatic hydroxyl groups excluding tert-OH is 2. The van der Waals surface area contributed by atoms with E-state index >= 15 is 0 Å². The van der Waals surface area contributed by atoms with Crippen molar-refractivity contribution >= 4 is 28.6 Å². The molecule has 78 valence electrons. The molecule has 2 N–H and O–H groups in total. The molecular formula is C9H10BrFO2S. The molecule has 1 aromatic rings. The number of rotatable bonds is 3. The normalized spacial score (nSPS) is 15.2. The molecule has 0 spiro atoms. The van der Waals surface area contributed by atoms with Crippen LogP contribution in [0.25, 0.3) is 0 Å². The molecule has 0 amide bonds. The van der Waals surface area contributed by atoms with Crippen LogP contribution in [-0.2, 0) is 0 Å². The molecule has 2 atom stereocenters. The quantitative estimate of drug-likeness (QED) is 0.741. The summed E-state index contributed by atoms with van der Waals surface area (Å²) < 4.78 is 13.7. The van der Waals surface area contributed by atoms with Crippen LogP contribution in [0.2, 0.25) is 0 Å². The molecule has 2 unspecified atom stereocenters. The van der Waals surface area contributed by atoms with Crippen molar-refractivity contribution in [3.63, 3.8) is 0 Å². The van der Waals surface area contributed by atoms with Crippen molar-refractivity contribution in [1.29, 1.82) is 0 Å². The average Bonchev–Trinajstić information content (AvgIpc) is 2.16. The molecule has 0 heterocycles. The summed E-state index contributed by atoms with van der Waals surface area (Å²) in [5.41, 5.74) is 0.0639. The maximum atomic E-state index is 13.3. The minimum Gasteiger partial charge on any atom is -0.389 e. The monoisotopic (exact) mass is 280 g/mol. The lowest BCUT2D eigenvalue weighted by molar-refractivity contribution is 0.0310. The summed E-state index contributed by atoms with van der Waals surface area (Å²) in [6.45, 7) is 0. The molecule has 0 fully saturated rings. The number of hydrogen-bond acceptors (Lipinski definition) is 3. The Hall–Kier alpha value is -0.100. The molecular weight excluding hydrogens is 271 g/mol. The molecule has 14 heavy (non-hydrogen) atoms. The minimum atomic E-state index is -1.26. The van der Waals surface area contributed by atoms with E-state index in [1.165, 1.54) is 12.1 Å². The molecule has 5 heteroatoms. The van der Waals surface area contributed by atoms with Crippen molar-refractivity contribution < 1.29 is 14.6 Å². The van der Waals surface area contributed by atoms with Crippen molar-refractivity contribution in [1.82, 2.24) is 0 Å². The molecule has 0 radical (unpaired) electrons. The third-order valence-electron chi connectivity index (χ3n) is 1.85. The fourth-order valence-electron chi connectivity index (χ4n) is 1.09. The van der Waals surface area contributed by atoms with E-state index in [-0.39, 0.29) is 11.3 Å². The van der Waals surface area contributed by atoms with E-state index in [1.807, 2.05) is 0 Å². The van der Waals surface area contributed by atoms with Gasteiger partial charge >= 0.3 is 0 Å². The topological polar surface area (TPSA) is 40.5 Å². The Labute approximate surface area is 95.3 Å². The smallest absolute Gasteiger partial charge is 0.130 e. The maximum Gasteiger partial charge on any atom is 0.130 e. The van der Waals surface area contributed by atoms with Crippen molar-refractivity contribution in [2.75, 3.05) is 5.75 Å². The zero-order valence-electron chi connectivity index (χ0n) is 7.19. The molecule has 0 saturated heterocycles. The first-order valence-corrected chi connectivity index (χ1v) is 5.41. The van der Waals surface area contributed by atoms with E-state index in [2.05, 4.69) is 28.6 Å². The minimum absolute atomic E-state index is 0.0639. The van der Waals surface area contributed by atoms with E-state index < -0.39 is 18.0 Å². The standard InChI is InChI=1S/C9H10BrFO2S/c10-5-2-1-3-6(11)8(5)9(13)7(12)4-14/h1-3,7,9,12-14H,4H2. The van der Waals surface area contributed by atoms with Gasteiger partial charge in [-0.15, -0.1) is 0 Å². The van der Waals surface area contributed by atoms with E-state index in [1.54, 1.807) is 6.07 Å². The Balaban J connectivity index is 3.05. The van der Waals surface area contributed by atoms with Gasteiger partial charge in [-0.25, -0.2) is 4.39 Å². The first-order valence-electron chi connectivity index (χ1n) is 3.98. The number of benzene rings is 1. The van der Waals surface area contributed by atoms with Gasteiger partial charge in [0.2, 0.25) is 0 Å². The lowest BCUT2D eigenvalue weighted by Crippen LogP contribution is -2.21. The van der Waals surface area contributed by atoms with E-state index in [9.17, 15) is 14.6 Å². The number of thiol groups is 1. The van der Waals surface area contributed by atoms with Gasteiger partial charge < -0.3 is 10.2 Å². The van der Waals surface area contributed by atoms with Gasteiger partial charge in [0.05, 0.1) is 6.10 Å². The summed E-state index contributed by atoms with van der Waals surface area (Å²) in [6, 6.07) is 4.35. The van der Waals surface area contributed by atoms with Gasteiger partial charge in [0.15, 0.2) is 0 Å². The van der Waals surface area contributed by atoms with Crippen LogP contribution in [0.15, 0.2) is 22.7 Å². The Morgan fingerprint density at radius 2 is 2.07 bits per heavy atom. The average molecular weight is 281 g/mol.